The van der Waals surface area contributed by atoms with Crippen LogP contribution in [-0.4, -0.2) is 24.2 Å². The summed E-state index contributed by atoms with van der Waals surface area (Å²) in [4.78, 5) is 6.92. The molecule has 0 spiro atoms. The van der Waals surface area contributed by atoms with Gasteiger partial charge in [0.1, 0.15) is 5.75 Å². The second kappa shape index (κ2) is 7.57. The number of benzene rings is 3. The van der Waals surface area contributed by atoms with Crippen molar-refractivity contribution in [3.63, 3.8) is 0 Å². The van der Waals surface area contributed by atoms with Crippen LogP contribution in [0.2, 0.25) is 0 Å². The number of phenols is 1. The third kappa shape index (κ3) is 3.47. The van der Waals surface area contributed by atoms with Gasteiger partial charge in [0.2, 0.25) is 0 Å². The van der Waals surface area contributed by atoms with Crippen LogP contribution >= 0.6 is 0 Å². The molecule has 0 unspecified atom stereocenters. The number of rotatable bonds is 4. The second-order valence-electron chi connectivity index (χ2n) is 6.92. The lowest BCUT2D eigenvalue weighted by molar-refractivity contribution is 0.477. The van der Waals surface area contributed by atoms with Gasteiger partial charge >= 0.3 is 0 Å². The molecule has 0 bridgehead atoms. The van der Waals surface area contributed by atoms with E-state index in [9.17, 15) is 5.11 Å². The molecule has 3 nitrogen and oxygen atoms in total. The summed E-state index contributed by atoms with van der Waals surface area (Å²) in [7, 11) is 4.11. The fraction of sp³-hybridized carbons (Fsp3) is 0.0800. The monoisotopic (exact) mass is 366 g/mol. The molecule has 138 valence electrons. The molecule has 28 heavy (non-hydrogen) atoms. The standard InChI is InChI=1S/C25H22N2O/c1-27(2)24-15-5-3-11-20(24)18-9-7-10-19(17-18)22-13-8-14-23(26-22)21-12-4-6-16-25(21)28/h3-17,28H,1-2H3. The molecule has 0 aliphatic carbocycles. The molecule has 0 aliphatic rings. The molecule has 0 radical (unpaired) electrons. The van der Waals surface area contributed by atoms with Crippen molar-refractivity contribution in [1.29, 1.82) is 0 Å². The number of pyridine rings is 1. The SMILES string of the molecule is CN(C)c1ccccc1-c1cccc(-c2cccc(-c3ccccc3O)n2)c1. The average molecular weight is 366 g/mol. The lowest BCUT2D eigenvalue weighted by Gasteiger charge is -2.18. The van der Waals surface area contributed by atoms with Crippen molar-refractivity contribution in [3.05, 3.63) is 91.0 Å². The molecule has 1 heterocycles. The van der Waals surface area contributed by atoms with E-state index in [1.54, 1.807) is 6.07 Å². The lowest BCUT2D eigenvalue weighted by atomic mass is 9.99. The van der Waals surface area contributed by atoms with Crippen LogP contribution in [0, 0.1) is 0 Å². The van der Waals surface area contributed by atoms with E-state index in [4.69, 9.17) is 4.98 Å². The van der Waals surface area contributed by atoms with Crippen LogP contribution in [0.1, 0.15) is 0 Å². The Bertz CT molecular complexity index is 1120. The minimum Gasteiger partial charge on any atom is -0.507 e. The van der Waals surface area contributed by atoms with Gasteiger partial charge in [-0.05, 0) is 42.0 Å². The average Bonchev–Trinajstić information content (AvgIpc) is 2.74. The van der Waals surface area contributed by atoms with Gasteiger partial charge in [-0.3, -0.25) is 0 Å². The highest BCUT2D eigenvalue weighted by molar-refractivity contribution is 5.81. The number of hydrogen-bond acceptors (Lipinski definition) is 3. The summed E-state index contributed by atoms with van der Waals surface area (Å²) in [5, 5.41) is 10.2. The summed E-state index contributed by atoms with van der Waals surface area (Å²) < 4.78 is 0. The van der Waals surface area contributed by atoms with Gasteiger partial charge in [0, 0.05) is 36.5 Å². The Morgan fingerprint density at radius 1 is 0.643 bits per heavy atom. The molecule has 3 heteroatoms. The predicted octanol–water partition coefficient (Wildman–Crippen LogP) is 5.85. The summed E-state index contributed by atoms with van der Waals surface area (Å²) in [6.45, 7) is 0. The molecule has 0 saturated carbocycles. The zero-order chi connectivity index (χ0) is 19.5. The molecule has 1 N–H and O–H groups in total. The van der Waals surface area contributed by atoms with E-state index in [0.29, 0.717) is 0 Å². The van der Waals surface area contributed by atoms with Crippen molar-refractivity contribution in [2.75, 3.05) is 19.0 Å². The highest BCUT2D eigenvalue weighted by Crippen LogP contribution is 2.33. The van der Waals surface area contributed by atoms with Crippen LogP contribution in [-0.2, 0) is 0 Å². The van der Waals surface area contributed by atoms with Crippen molar-refractivity contribution in [3.8, 4) is 39.4 Å². The predicted molar refractivity (Wildman–Crippen MR) is 117 cm³/mol. The van der Waals surface area contributed by atoms with Crippen LogP contribution in [0.3, 0.4) is 0 Å². The number of aromatic nitrogens is 1. The van der Waals surface area contributed by atoms with Gasteiger partial charge in [0.25, 0.3) is 0 Å². The summed E-state index contributed by atoms with van der Waals surface area (Å²) in [6.07, 6.45) is 0. The third-order valence-corrected chi connectivity index (χ3v) is 4.78. The zero-order valence-electron chi connectivity index (χ0n) is 16.0. The van der Waals surface area contributed by atoms with Gasteiger partial charge in [0.15, 0.2) is 0 Å². The molecule has 0 amide bonds. The fourth-order valence-electron chi connectivity index (χ4n) is 3.39. The van der Waals surface area contributed by atoms with Gasteiger partial charge in [-0.2, -0.15) is 0 Å². The van der Waals surface area contributed by atoms with Crippen LogP contribution < -0.4 is 4.90 Å². The van der Waals surface area contributed by atoms with Gasteiger partial charge in [-0.25, -0.2) is 4.98 Å². The van der Waals surface area contributed by atoms with Crippen molar-refractivity contribution >= 4 is 5.69 Å². The minimum absolute atomic E-state index is 0.237. The Morgan fingerprint density at radius 2 is 1.29 bits per heavy atom. The molecule has 0 fully saturated rings. The highest BCUT2D eigenvalue weighted by Gasteiger charge is 2.10. The topological polar surface area (TPSA) is 36.4 Å². The normalized spacial score (nSPS) is 10.6. The Morgan fingerprint density at radius 3 is 2.07 bits per heavy atom. The number of anilines is 1. The van der Waals surface area contributed by atoms with E-state index in [1.807, 2.05) is 36.4 Å². The molecule has 4 aromatic rings. The smallest absolute Gasteiger partial charge is 0.124 e. The summed E-state index contributed by atoms with van der Waals surface area (Å²) >= 11 is 0. The molecule has 1 aromatic heterocycles. The molecule has 0 aliphatic heterocycles. The van der Waals surface area contributed by atoms with E-state index in [2.05, 4.69) is 67.5 Å². The molecule has 4 rings (SSSR count). The van der Waals surface area contributed by atoms with Gasteiger partial charge in [-0.15, -0.1) is 0 Å². The van der Waals surface area contributed by atoms with Crippen LogP contribution in [0.15, 0.2) is 91.0 Å². The first kappa shape index (κ1) is 17.8. The van der Waals surface area contributed by atoms with Crippen molar-refractivity contribution < 1.29 is 5.11 Å². The largest absolute Gasteiger partial charge is 0.507 e. The molecule has 0 atom stereocenters. The first-order valence-electron chi connectivity index (χ1n) is 9.26. The van der Waals surface area contributed by atoms with Crippen LogP contribution in [0.4, 0.5) is 5.69 Å². The van der Waals surface area contributed by atoms with E-state index >= 15 is 0 Å². The lowest BCUT2D eigenvalue weighted by Crippen LogP contribution is -2.09. The number of aromatic hydroxyl groups is 1. The Labute approximate surface area is 165 Å². The maximum atomic E-state index is 10.2. The van der Waals surface area contributed by atoms with Gasteiger partial charge in [0.05, 0.1) is 11.4 Å². The maximum absolute atomic E-state index is 10.2. The number of hydrogen-bond donors (Lipinski definition) is 1. The number of phenolic OH excluding ortho intramolecular Hbond substituents is 1. The van der Waals surface area contributed by atoms with Crippen LogP contribution in [0.5, 0.6) is 5.75 Å². The first-order chi connectivity index (χ1) is 13.6. The van der Waals surface area contributed by atoms with Crippen molar-refractivity contribution in [2.24, 2.45) is 0 Å². The quantitative estimate of drug-likeness (QED) is 0.492. The summed E-state index contributed by atoms with van der Waals surface area (Å²) in [6, 6.07) is 30.0. The van der Waals surface area contributed by atoms with Crippen molar-refractivity contribution in [1.82, 2.24) is 4.98 Å². The Hall–Kier alpha value is -3.59. The fourth-order valence-corrected chi connectivity index (χ4v) is 3.39. The Balaban J connectivity index is 1.78. The number of para-hydroxylation sites is 2. The second-order valence-corrected chi connectivity index (χ2v) is 6.92. The third-order valence-electron chi connectivity index (χ3n) is 4.78. The minimum atomic E-state index is 0.237. The first-order valence-corrected chi connectivity index (χ1v) is 9.26. The maximum Gasteiger partial charge on any atom is 0.124 e. The van der Waals surface area contributed by atoms with E-state index in [0.717, 1.165) is 28.1 Å². The summed E-state index contributed by atoms with van der Waals surface area (Å²) in [5.41, 5.74) is 6.93. The van der Waals surface area contributed by atoms with Gasteiger partial charge in [-0.1, -0.05) is 54.6 Å². The Kier molecular flexibility index (Phi) is 4.81. The molecular weight excluding hydrogens is 344 g/mol. The zero-order valence-corrected chi connectivity index (χ0v) is 16.0. The van der Waals surface area contributed by atoms with E-state index in [-0.39, 0.29) is 5.75 Å². The van der Waals surface area contributed by atoms with E-state index in [1.165, 1.54) is 11.3 Å². The molecule has 3 aromatic carbocycles. The number of nitrogens with zero attached hydrogens (tertiary/aromatic N) is 2. The molecular formula is C25H22N2O. The molecule has 0 saturated heterocycles. The van der Waals surface area contributed by atoms with Crippen LogP contribution in [0.25, 0.3) is 33.6 Å². The highest BCUT2D eigenvalue weighted by atomic mass is 16.3. The van der Waals surface area contributed by atoms with E-state index < -0.39 is 0 Å². The van der Waals surface area contributed by atoms with Crippen molar-refractivity contribution in [2.45, 2.75) is 0 Å². The van der Waals surface area contributed by atoms with Gasteiger partial charge < -0.3 is 10.0 Å². The summed E-state index contributed by atoms with van der Waals surface area (Å²) in [5.74, 6) is 0.237.